The quantitative estimate of drug-likeness (QED) is 0.673. The van der Waals surface area contributed by atoms with Gasteiger partial charge in [0.25, 0.3) is 0 Å². The van der Waals surface area contributed by atoms with Crippen LogP contribution in [0.1, 0.15) is 32.3 Å². The summed E-state index contributed by atoms with van der Waals surface area (Å²) in [4.78, 5) is 12.9. The number of hydrogen-bond acceptors (Lipinski definition) is 3. The first-order valence-corrected chi connectivity index (χ1v) is 7.61. The molecule has 0 unspecified atom stereocenters. The highest BCUT2D eigenvalue weighted by Crippen LogP contribution is 2.12. The predicted octanol–water partition coefficient (Wildman–Crippen LogP) is 3.20. The highest BCUT2D eigenvalue weighted by atomic mass is 16.5. The van der Waals surface area contributed by atoms with Gasteiger partial charge in [-0.1, -0.05) is 26.0 Å². The van der Waals surface area contributed by atoms with Crippen LogP contribution in [0.3, 0.4) is 0 Å². The van der Waals surface area contributed by atoms with Crippen molar-refractivity contribution in [3.63, 3.8) is 0 Å². The van der Waals surface area contributed by atoms with E-state index in [0.717, 1.165) is 25.3 Å². The van der Waals surface area contributed by atoms with Crippen molar-refractivity contribution in [2.24, 2.45) is 5.92 Å². The maximum atomic E-state index is 10.7. The number of rotatable bonds is 10. The van der Waals surface area contributed by atoms with E-state index in [-0.39, 0.29) is 6.42 Å². The van der Waals surface area contributed by atoms with Crippen molar-refractivity contribution in [1.82, 2.24) is 4.90 Å². The van der Waals surface area contributed by atoms with Crippen LogP contribution in [0.4, 0.5) is 0 Å². The fourth-order valence-electron chi connectivity index (χ4n) is 2.25. The molecule has 0 bridgehead atoms. The topological polar surface area (TPSA) is 49.8 Å². The third-order valence-corrected chi connectivity index (χ3v) is 3.14. The minimum Gasteiger partial charge on any atom is -0.494 e. The molecular weight excluding hydrogens is 266 g/mol. The molecule has 1 aromatic carbocycles. The first kappa shape index (κ1) is 17.5. The average molecular weight is 293 g/mol. The van der Waals surface area contributed by atoms with E-state index in [0.29, 0.717) is 19.1 Å². The predicted molar refractivity (Wildman–Crippen MR) is 84.8 cm³/mol. The van der Waals surface area contributed by atoms with Crippen LogP contribution in [-0.2, 0) is 4.79 Å². The number of aliphatic carboxylic acids is 1. The highest BCUT2D eigenvalue weighted by Gasteiger charge is 2.09. The van der Waals surface area contributed by atoms with Gasteiger partial charge in [0.15, 0.2) is 0 Å². The third kappa shape index (κ3) is 8.35. The number of benzene rings is 1. The molecule has 0 fully saturated rings. The Morgan fingerprint density at radius 2 is 2.10 bits per heavy atom. The second-order valence-electron chi connectivity index (χ2n) is 5.86. The maximum Gasteiger partial charge on any atom is 0.304 e. The van der Waals surface area contributed by atoms with E-state index in [1.54, 1.807) is 0 Å². The van der Waals surface area contributed by atoms with Gasteiger partial charge in [-0.15, -0.1) is 0 Å². The maximum absolute atomic E-state index is 10.7. The van der Waals surface area contributed by atoms with E-state index in [1.165, 1.54) is 5.56 Å². The minimum absolute atomic E-state index is 0.200. The Kier molecular flexibility index (Phi) is 7.83. The summed E-state index contributed by atoms with van der Waals surface area (Å²) in [7, 11) is 0. The molecule has 1 rings (SSSR count). The third-order valence-electron chi connectivity index (χ3n) is 3.14. The van der Waals surface area contributed by atoms with Crippen LogP contribution in [0.2, 0.25) is 0 Å². The van der Waals surface area contributed by atoms with Gasteiger partial charge in [-0.05, 0) is 37.0 Å². The van der Waals surface area contributed by atoms with Crippen LogP contribution < -0.4 is 4.74 Å². The van der Waals surface area contributed by atoms with Gasteiger partial charge < -0.3 is 14.7 Å². The molecule has 118 valence electrons. The van der Waals surface area contributed by atoms with Crippen LogP contribution in [-0.4, -0.2) is 42.2 Å². The van der Waals surface area contributed by atoms with Crippen LogP contribution in [0.15, 0.2) is 24.3 Å². The standard InChI is InChI=1S/C17H27NO3/c1-14(2)13-18(10-8-17(19)20)9-5-11-21-16-7-4-6-15(3)12-16/h4,6-7,12,14H,5,8-11,13H2,1-3H3,(H,19,20). The molecule has 4 nitrogen and oxygen atoms in total. The van der Waals surface area contributed by atoms with Gasteiger partial charge in [0.2, 0.25) is 0 Å². The van der Waals surface area contributed by atoms with Crippen molar-refractivity contribution in [1.29, 1.82) is 0 Å². The molecule has 0 atom stereocenters. The molecule has 0 radical (unpaired) electrons. The number of hydrogen-bond donors (Lipinski definition) is 1. The van der Waals surface area contributed by atoms with Gasteiger partial charge in [0, 0.05) is 19.6 Å². The lowest BCUT2D eigenvalue weighted by molar-refractivity contribution is -0.137. The first-order valence-electron chi connectivity index (χ1n) is 7.61. The number of carboxylic acids is 1. The van der Waals surface area contributed by atoms with E-state index < -0.39 is 5.97 Å². The molecule has 1 aromatic rings. The molecule has 0 aliphatic carbocycles. The monoisotopic (exact) mass is 293 g/mol. The van der Waals surface area contributed by atoms with Gasteiger partial charge in [-0.3, -0.25) is 4.79 Å². The number of aryl methyl sites for hydroxylation is 1. The van der Waals surface area contributed by atoms with Gasteiger partial charge in [0.1, 0.15) is 5.75 Å². The van der Waals surface area contributed by atoms with Crippen molar-refractivity contribution in [2.45, 2.75) is 33.6 Å². The van der Waals surface area contributed by atoms with Crippen LogP contribution >= 0.6 is 0 Å². The molecule has 0 saturated carbocycles. The number of ether oxygens (including phenoxy) is 1. The Labute approximate surface area is 127 Å². The van der Waals surface area contributed by atoms with Gasteiger partial charge in [-0.25, -0.2) is 0 Å². The molecule has 0 saturated heterocycles. The summed E-state index contributed by atoms with van der Waals surface area (Å²) in [5.74, 6) is 0.701. The minimum atomic E-state index is -0.736. The summed E-state index contributed by atoms with van der Waals surface area (Å²) < 4.78 is 5.72. The Bertz CT molecular complexity index is 432. The van der Waals surface area contributed by atoms with Crippen molar-refractivity contribution >= 4 is 5.97 Å². The first-order chi connectivity index (χ1) is 9.97. The number of nitrogens with zero attached hydrogens (tertiary/aromatic N) is 1. The smallest absolute Gasteiger partial charge is 0.304 e. The SMILES string of the molecule is Cc1cccc(OCCCN(CCC(=O)O)CC(C)C)c1. The van der Waals surface area contributed by atoms with Crippen molar-refractivity contribution in [3.8, 4) is 5.75 Å². The normalized spacial score (nSPS) is 11.1. The number of carboxylic acid groups (broad SMARTS) is 1. The second kappa shape index (κ2) is 9.40. The van der Waals surface area contributed by atoms with Crippen molar-refractivity contribution in [3.05, 3.63) is 29.8 Å². The number of carbonyl (C=O) groups is 1. The van der Waals surface area contributed by atoms with Crippen molar-refractivity contribution < 1.29 is 14.6 Å². The Morgan fingerprint density at radius 1 is 1.33 bits per heavy atom. The molecule has 1 N–H and O–H groups in total. The lowest BCUT2D eigenvalue weighted by atomic mass is 10.2. The Hall–Kier alpha value is -1.55. The van der Waals surface area contributed by atoms with E-state index in [1.807, 2.05) is 31.2 Å². The summed E-state index contributed by atoms with van der Waals surface area (Å²) in [5.41, 5.74) is 1.19. The molecule has 0 spiro atoms. The summed E-state index contributed by atoms with van der Waals surface area (Å²) in [6.45, 7) is 9.41. The fourth-order valence-corrected chi connectivity index (χ4v) is 2.25. The lowest BCUT2D eigenvalue weighted by Gasteiger charge is -2.23. The summed E-state index contributed by atoms with van der Waals surface area (Å²) >= 11 is 0. The van der Waals surface area contributed by atoms with Crippen molar-refractivity contribution in [2.75, 3.05) is 26.2 Å². The molecule has 0 aromatic heterocycles. The van der Waals surface area contributed by atoms with Gasteiger partial charge in [0.05, 0.1) is 13.0 Å². The van der Waals surface area contributed by atoms with Gasteiger partial charge >= 0.3 is 5.97 Å². The zero-order valence-corrected chi connectivity index (χ0v) is 13.3. The molecule has 0 amide bonds. The zero-order chi connectivity index (χ0) is 15.7. The lowest BCUT2D eigenvalue weighted by Crippen LogP contribution is -2.31. The van der Waals surface area contributed by atoms with Crippen LogP contribution in [0.25, 0.3) is 0 Å². The average Bonchev–Trinajstić information content (AvgIpc) is 2.40. The Balaban J connectivity index is 2.30. The summed E-state index contributed by atoms with van der Waals surface area (Å²) in [6.07, 6.45) is 1.10. The van der Waals surface area contributed by atoms with E-state index in [2.05, 4.69) is 18.7 Å². The summed E-state index contributed by atoms with van der Waals surface area (Å²) in [6, 6.07) is 8.02. The van der Waals surface area contributed by atoms with E-state index >= 15 is 0 Å². The van der Waals surface area contributed by atoms with Gasteiger partial charge in [-0.2, -0.15) is 0 Å². The highest BCUT2D eigenvalue weighted by molar-refractivity contribution is 5.66. The van der Waals surface area contributed by atoms with Crippen LogP contribution in [0.5, 0.6) is 5.75 Å². The molecule has 0 heterocycles. The zero-order valence-electron chi connectivity index (χ0n) is 13.3. The molecule has 4 heteroatoms. The van der Waals surface area contributed by atoms with E-state index in [9.17, 15) is 4.79 Å². The molecule has 0 aliphatic heterocycles. The van der Waals surface area contributed by atoms with Crippen LogP contribution in [0, 0.1) is 12.8 Å². The largest absolute Gasteiger partial charge is 0.494 e. The summed E-state index contributed by atoms with van der Waals surface area (Å²) in [5, 5.41) is 8.79. The molecule has 0 aliphatic rings. The molecular formula is C17H27NO3. The fraction of sp³-hybridized carbons (Fsp3) is 0.588. The second-order valence-corrected chi connectivity index (χ2v) is 5.86. The Morgan fingerprint density at radius 3 is 2.71 bits per heavy atom. The van der Waals surface area contributed by atoms with E-state index in [4.69, 9.17) is 9.84 Å². The molecule has 21 heavy (non-hydrogen) atoms.